The molecule has 1 N–H and O–H groups in total. The Morgan fingerprint density at radius 1 is 0.786 bits per heavy atom. The first-order chi connectivity index (χ1) is 13.5. The van der Waals surface area contributed by atoms with E-state index < -0.39 is 0 Å². The Kier molecular flexibility index (Phi) is 4.28. The number of aryl methyl sites for hydroxylation is 2. The van der Waals surface area contributed by atoms with E-state index in [1.165, 1.54) is 0 Å². The molecule has 0 atom stereocenters. The third-order valence-electron chi connectivity index (χ3n) is 4.93. The Bertz CT molecular complexity index is 1100. The summed E-state index contributed by atoms with van der Waals surface area (Å²) in [4.78, 5) is 39.1. The zero-order valence-electron chi connectivity index (χ0n) is 15.5. The van der Waals surface area contributed by atoms with Crippen molar-refractivity contribution in [2.45, 2.75) is 13.8 Å². The summed E-state index contributed by atoms with van der Waals surface area (Å²) in [6.45, 7) is 3.99. The Labute approximate surface area is 162 Å². The van der Waals surface area contributed by atoms with Crippen LogP contribution in [-0.4, -0.2) is 17.7 Å². The maximum absolute atomic E-state index is 12.7. The molecule has 0 radical (unpaired) electrons. The minimum absolute atomic E-state index is 0.304. The van der Waals surface area contributed by atoms with Crippen LogP contribution in [0.15, 0.2) is 66.7 Å². The fraction of sp³-hybridized carbons (Fsp3) is 0.0870. The van der Waals surface area contributed by atoms with Gasteiger partial charge in [-0.05, 0) is 67.4 Å². The van der Waals surface area contributed by atoms with Crippen molar-refractivity contribution in [1.82, 2.24) is 0 Å². The standard InChI is InChI=1S/C23H18N2O3/c1-14-10-11-17(12-15(14)2)24-21(26)16-6-5-7-18(13-16)25-22(27)19-8-3-4-9-20(19)23(25)28/h3-13H,1-2H3,(H,24,26). The predicted octanol–water partition coefficient (Wildman–Crippen LogP) is 4.36. The number of rotatable bonds is 3. The zero-order chi connectivity index (χ0) is 19.8. The molecule has 3 aromatic carbocycles. The van der Waals surface area contributed by atoms with Crippen LogP contribution < -0.4 is 10.2 Å². The lowest BCUT2D eigenvalue weighted by molar-refractivity contribution is 0.0924. The first-order valence-corrected chi connectivity index (χ1v) is 8.92. The highest BCUT2D eigenvalue weighted by molar-refractivity contribution is 6.34. The van der Waals surface area contributed by atoms with Crippen LogP contribution in [0.4, 0.5) is 11.4 Å². The van der Waals surface area contributed by atoms with Gasteiger partial charge in [-0.15, -0.1) is 0 Å². The molecule has 5 heteroatoms. The monoisotopic (exact) mass is 370 g/mol. The average molecular weight is 370 g/mol. The van der Waals surface area contributed by atoms with Crippen LogP contribution in [0.2, 0.25) is 0 Å². The highest BCUT2D eigenvalue weighted by Crippen LogP contribution is 2.29. The van der Waals surface area contributed by atoms with Gasteiger partial charge in [0.15, 0.2) is 0 Å². The second-order valence-corrected chi connectivity index (χ2v) is 6.79. The molecule has 5 nitrogen and oxygen atoms in total. The molecular formula is C23H18N2O3. The summed E-state index contributed by atoms with van der Waals surface area (Å²) in [5, 5.41) is 2.86. The van der Waals surface area contributed by atoms with Crippen LogP contribution in [-0.2, 0) is 0 Å². The highest BCUT2D eigenvalue weighted by Gasteiger charge is 2.36. The normalized spacial score (nSPS) is 12.9. The second-order valence-electron chi connectivity index (χ2n) is 6.79. The molecule has 1 aliphatic rings. The molecule has 0 saturated carbocycles. The van der Waals surface area contributed by atoms with Crippen molar-refractivity contribution in [2.75, 3.05) is 10.2 Å². The third-order valence-corrected chi connectivity index (χ3v) is 4.93. The molecule has 0 bridgehead atoms. The van der Waals surface area contributed by atoms with E-state index in [0.717, 1.165) is 16.0 Å². The van der Waals surface area contributed by atoms with E-state index in [0.29, 0.717) is 28.1 Å². The van der Waals surface area contributed by atoms with Crippen LogP contribution >= 0.6 is 0 Å². The molecule has 0 aliphatic carbocycles. The zero-order valence-corrected chi connectivity index (χ0v) is 15.5. The Morgan fingerprint density at radius 3 is 2.11 bits per heavy atom. The number of nitrogens with one attached hydrogen (secondary N) is 1. The number of carbonyl (C=O) groups is 3. The van der Waals surface area contributed by atoms with Gasteiger partial charge in [-0.1, -0.05) is 24.3 Å². The molecule has 0 saturated heterocycles. The van der Waals surface area contributed by atoms with Gasteiger partial charge in [0, 0.05) is 11.3 Å². The van der Waals surface area contributed by atoms with Crippen molar-refractivity contribution in [3.05, 3.63) is 94.5 Å². The lowest BCUT2D eigenvalue weighted by Gasteiger charge is -2.15. The number of amides is 3. The van der Waals surface area contributed by atoms with E-state index in [9.17, 15) is 14.4 Å². The Morgan fingerprint density at radius 2 is 1.46 bits per heavy atom. The van der Waals surface area contributed by atoms with Gasteiger partial charge in [0.25, 0.3) is 17.7 Å². The van der Waals surface area contributed by atoms with Crippen LogP contribution in [0.5, 0.6) is 0 Å². The number of benzene rings is 3. The molecular weight excluding hydrogens is 352 g/mol. The van der Waals surface area contributed by atoms with Crippen LogP contribution in [0.25, 0.3) is 0 Å². The smallest absolute Gasteiger partial charge is 0.266 e. The maximum atomic E-state index is 12.7. The van der Waals surface area contributed by atoms with Crippen molar-refractivity contribution in [2.24, 2.45) is 0 Å². The van der Waals surface area contributed by atoms with Gasteiger partial charge in [-0.3, -0.25) is 14.4 Å². The molecule has 3 aromatic rings. The molecule has 1 aliphatic heterocycles. The molecule has 0 aromatic heterocycles. The lowest BCUT2D eigenvalue weighted by atomic mass is 10.1. The Hall–Kier alpha value is -3.73. The molecule has 28 heavy (non-hydrogen) atoms. The minimum atomic E-state index is -0.382. The number of carbonyl (C=O) groups excluding carboxylic acids is 3. The summed E-state index contributed by atoms with van der Waals surface area (Å²) in [6, 6.07) is 18.9. The van der Waals surface area contributed by atoms with Gasteiger partial charge in [0.1, 0.15) is 0 Å². The van der Waals surface area contributed by atoms with Gasteiger partial charge in [0.05, 0.1) is 16.8 Å². The second kappa shape index (κ2) is 6.78. The van der Waals surface area contributed by atoms with E-state index in [2.05, 4.69) is 5.32 Å². The van der Waals surface area contributed by atoms with Gasteiger partial charge in [0.2, 0.25) is 0 Å². The van der Waals surface area contributed by atoms with E-state index in [1.807, 2.05) is 32.0 Å². The molecule has 3 amide bonds. The number of anilines is 2. The molecule has 0 unspecified atom stereocenters. The van der Waals surface area contributed by atoms with E-state index in [1.54, 1.807) is 48.5 Å². The minimum Gasteiger partial charge on any atom is -0.322 e. The summed E-state index contributed by atoms with van der Waals surface area (Å²) >= 11 is 0. The summed E-state index contributed by atoms with van der Waals surface area (Å²) in [6.07, 6.45) is 0. The topological polar surface area (TPSA) is 66.5 Å². The summed E-state index contributed by atoms with van der Waals surface area (Å²) in [5.41, 5.74) is 4.41. The fourth-order valence-electron chi connectivity index (χ4n) is 3.23. The van der Waals surface area contributed by atoms with Crippen LogP contribution in [0, 0.1) is 13.8 Å². The molecule has 1 heterocycles. The van der Waals surface area contributed by atoms with Crippen molar-refractivity contribution in [3.63, 3.8) is 0 Å². The van der Waals surface area contributed by atoms with Crippen molar-refractivity contribution >= 4 is 29.1 Å². The average Bonchev–Trinajstić information content (AvgIpc) is 2.96. The van der Waals surface area contributed by atoms with Gasteiger partial charge < -0.3 is 5.32 Å². The molecule has 0 fully saturated rings. The first-order valence-electron chi connectivity index (χ1n) is 8.92. The Balaban J connectivity index is 1.62. The molecule has 4 rings (SSSR count). The van der Waals surface area contributed by atoms with Crippen LogP contribution in [0.3, 0.4) is 0 Å². The lowest BCUT2D eigenvalue weighted by Crippen LogP contribution is -2.29. The van der Waals surface area contributed by atoms with Gasteiger partial charge in [-0.2, -0.15) is 0 Å². The van der Waals surface area contributed by atoms with Crippen molar-refractivity contribution in [3.8, 4) is 0 Å². The SMILES string of the molecule is Cc1ccc(NC(=O)c2cccc(N3C(=O)c4ccccc4C3=O)c2)cc1C. The third kappa shape index (κ3) is 2.97. The number of nitrogens with zero attached hydrogens (tertiary/aromatic N) is 1. The molecule has 0 spiro atoms. The largest absolute Gasteiger partial charge is 0.322 e. The number of fused-ring (bicyclic) bond motifs is 1. The summed E-state index contributed by atoms with van der Waals surface area (Å²) in [5.74, 6) is -1.07. The van der Waals surface area contributed by atoms with E-state index >= 15 is 0 Å². The highest BCUT2D eigenvalue weighted by atomic mass is 16.2. The predicted molar refractivity (Wildman–Crippen MR) is 108 cm³/mol. The summed E-state index contributed by atoms with van der Waals surface area (Å²) in [7, 11) is 0. The van der Waals surface area contributed by atoms with E-state index in [-0.39, 0.29) is 17.7 Å². The van der Waals surface area contributed by atoms with Gasteiger partial charge >= 0.3 is 0 Å². The fourth-order valence-corrected chi connectivity index (χ4v) is 3.23. The number of hydrogen-bond donors (Lipinski definition) is 1. The summed E-state index contributed by atoms with van der Waals surface area (Å²) < 4.78 is 0. The number of hydrogen-bond acceptors (Lipinski definition) is 3. The van der Waals surface area contributed by atoms with Crippen LogP contribution in [0.1, 0.15) is 42.2 Å². The first kappa shape index (κ1) is 17.7. The molecule has 138 valence electrons. The van der Waals surface area contributed by atoms with Crippen molar-refractivity contribution in [1.29, 1.82) is 0 Å². The quantitative estimate of drug-likeness (QED) is 0.697. The maximum Gasteiger partial charge on any atom is 0.266 e. The van der Waals surface area contributed by atoms with Gasteiger partial charge in [-0.25, -0.2) is 4.90 Å². The number of imide groups is 1. The van der Waals surface area contributed by atoms with E-state index in [4.69, 9.17) is 0 Å². The van der Waals surface area contributed by atoms with Crippen molar-refractivity contribution < 1.29 is 14.4 Å².